The quantitative estimate of drug-likeness (QED) is 0.497. The first-order valence-corrected chi connectivity index (χ1v) is 10.0. The van der Waals surface area contributed by atoms with Gasteiger partial charge in [0, 0.05) is 31.4 Å². The first kappa shape index (κ1) is 21.2. The molecule has 1 heterocycles. The Morgan fingerprint density at radius 2 is 1.80 bits per heavy atom. The molecule has 0 aliphatic carbocycles. The molecule has 3 aromatic rings. The molecule has 2 aromatic carbocycles. The Morgan fingerprint density at radius 1 is 1.07 bits per heavy atom. The number of aromatic nitrogens is 2. The average molecular weight is 405 g/mol. The van der Waals surface area contributed by atoms with Crippen molar-refractivity contribution in [2.75, 3.05) is 20.3 Å². The molecular weight excluding hydrogens is 378 g/mol. The number of para-hydroxylation sites is 1. The summed E-state index contributed by atoms with van der Waals surface area (Å²) in [6, 6.07) is 15.5. The largest absolute Gasteiger partial charge is 0.490 e. The predicted molar refractivity (Wildman–Crippen MR) is 118 cm³/mol. The monoisotopic (exact) mass is 405 g/mol. The number of likely N-dealkylation sites (N-methyl/N-ethyl adjacent to an activating group) is 1. The molecule has 0 fully saturated rings. The van der Waals surface area contributed by atoms with Crippen LogP contribution in [0.3, 0.4) is 0 Å². The summed E-state index contributed by atoms with van der Waals surface area (Å²) < 4.78 is 13.0. The van der Waals surface area contributed by atoms with Crippen molar-refractivity contribution in [1.29, 1.82) is 0 Å². The fraction of sp³-hybridized carbons (Fsp3) is 0.250. The van der Waals surface area contributed by atoms with Crippen LogP contribution in [-0.4, -0.2) is 40.8 Å². The van der Waals surface area contributed by atoms with E-state index in [-0.39, 0.29) is 5.91 Å². The normalized spacial score (nSPS) is 10.9. The molecule has 1 aromatic heterocycles. The molecule has 0 saturated carbocycles. The van der Waals surface area contributed by atoms with E-state index in [1.807, 2.05) is 68.6 Å². The fourth-order valence-corrected chi connectivity index (χ4v) is 2.98. The van der Waals surface area contributed by atoms with Crippen LogP contribution in [0.2, 0.25) is 0 Å². The summed E-state index contributed by atoms with van der Waals surface area (Å²) in [5.74, 6) is 1.29. The molecule has 156 valence electrons. The lowest BCUT2D eigenvalue weighted by Crippen LogP contribution is -2.23. The van der Waals surface area contributed by atoms with E-state index in [4.69, 9.17) is 9.47 Å². The van der Waals surface area contributed by atoms with E-state index >= 15 is 0 Å². The number of ether oxygens (including phenoxy) is 2. The number of amides is 1. The third-order valence-electron chi connectivity index (χ3n) is 4.44. The Bertz CT molecular complexity index is 996. The van der Waals surface area contributed by atoms with Gasteiger partial charge in [0.2, 0.25) is 5.91 Å². The van der Waals surface area contributed by atoms with E-state index in [1.165, 1.54) is 0 Å². The highest BCUT2D eigenvalue weighted by Crippen LogP contribution is 2.29. The molecule has 0 saturated heterocycles. The van der Waals surface area contributed by atoms with Crippen LogP contribution >= 0.6 is 0 Å². The third kappa shape index (κ3) is 5.50. The second kappa shape index (κ2) is 10.3. The van der Waals surface area contributed by atoms with E-state index in [1.54, 1.807) is 35.0 Å². The van der Waals surface area contributed by atoms with Gasteiger partial charge in [0.25, 0.3) is 0 Å². The number of hydrogen-bond donors (Lipinski definition) is 0. The Morgan fingerprint density at radius 3 is 2.53 bits per heavy atom. The number of carbonyl (C=O) groups is 1. The topological polar surface area (TPSA) is 56.6 Å². The minimum Gasteiger partial charge on any atom is -0.490 e. The van der Waals surface area contributed by atoms with Crippen molar-refractivity contribution in [3.8, 4) is 17.2 Å². The van der Waals surface area contributed by atoms with E-state index in [2.05, 4.69) is 5.10 Å². The lowest BCUT2D eigenvalue weighted by Gasteiger charge is -2.14. The molecule has 0 radical (unpaired) electrons. The zero-order valence-corrected chi connectivity index (χ0v) is 17.6. The molecule has 0 aliphatic heterocycles. The number of carbonyl (C=O) groups excluding carboxylic acids is 1. The van der Waals surface area contributed by atoms with Crippen LogP contribution in [0.5, 0.6) is 11.5 Å². The predicted octanol–water partition coefficient (Wildman–Crippen LogP) is 4.34. The van der Waals surface area contributed by atoms with Gasteiger partial charge in [-0.05, 0) is 49.8 Å². The molecule has 0 unspecified atom stereocenters. The van der Waals surface area contributed by atoms with Gasteiger partial charge in [-0.25, -0.2) is 4.68 Å². The highest BCUT2D eigenvalue weighted by atomic mass is 16.5. The van der Waals surface area contributed by atoms with Crippen LogP contribution in [0.15, 0.2) is 67.0 Å². The van der Waals surface area contributed by atoms with E-state index in [0.717, 1.165) is 16.8 Å². The summed E-state index contributed by atoms with van der Waals surface area (Å²) in [5.41, 5.74) is 2.82. The van der Waals surface area contributed by atoms with Crippen LogP contribution in [-0.2, 0) is 11.3 Å². The Kier molecular flexibility index (Phi) is 7.27. The molecule has 0 N–H and O–H groups in total. The van der Waals surface area contributed by atoms with E-state index in [0.29, 0.717) is 31.3 Å². The standard InChI is InChI=1S/C24H27N3O3/c1-4-29-22-13-11-19(15-23(22)30-5-2)12-14-24(28)26(3)17-20-16-25-27(18-20)21-9-7-6-8-10-21/h6-16,18H,4-5,17H2,1-3H3/b14-12+. The minimum absolute atomic E-state index is 0.0886. The van der Waals surface area contributed by atoms with Crippen LogP contribution < -0.4 is 9.47 Å². The van der Waals surface area contributed by atoms with Crippen molar-refractivity contribution in [3.63, 3.8) is 0 Å². The maximum Gasteiger partial charge on any atom is 0.246 e. The highest BCUT2D eigenvalue weighted by molar-refractivity contribution is 5.91. The molecule has 0 atom stereocenters. The van der Waals surface area contributed by atoms with Gasteiger partial charge in [0.15, 0.2) is 11.5 Å². The van der Waals surface area contributed by atoms with Crippen molar-refractivity contribution in [3.05, 3.63) is 78.1 Å². The fourth-order valence-electron chi connectivity index (χ4n) is 2.98. The molecule has 0 bridgehead atoms. The zero-order valence-electron chi connectivity index (χ0n) is 17.6. The van der Waals surface area contributed by atoms with Crippen molar-refractivity contribution in [2.45, 2.75) is 20.4 Å². The summed E-state index contributed by atoms with van der Waals surface area (Å²) >= 11 is 0. The van der Waals surface area contributed by atoms with Crippen LogP contribution in [0.1, 0.15) is 25.0 Å². The summed E-state index contributed by atoms with van der Waals surface area (Å²) in [6.07, 6.45) is 7.06. The number of hydrogen-bond acceptors (Lipinski definition) is 4. The van der Waals surface area contributed by atoms with E-state index in [9.17, 15) is 4.79 Å². The van der Waals surface area contributed by atoms with Gasteiger partial charge < -0.3 is 14.4 Å². The smallest absolute Gasteiger partial charge is 0.246 e. The Hall–Kier alpha value is -3.54. The molecule has 3 rings (SSSR count). The number of benzene rings is 2. The Labute approximate surface area is 177 Å². The maximum absolute atomic E-state index is 12.5. The minimum atomic E-state index is -0.0886. The zero-order chi connectivity index (χ0) is 21.3. The molecule has 6 nitrogen and oxygen atoms in total. The van der Waals surface area contributed by atoms with E-state index < -0.39 is 0 Å². The van der Waals surface area contributed by atoms with Gasteiger partial charge in [-0.3, -0.25) is 4.79 Å². The maximum atomic E-state index is 12.5. The number of rotatable bonds is 9. The highest BCUT2D eigenvalue weighted by Gasteiger charge is 2.09. The van der Waals surface area contributed by atoms with Gasteiger partial charge in [-0.1, -0.05) is 24.3 Å². The summed E-state index contributed by atoms with van der Waals surface area (Å²) in [7, 11) is 1.77. The van der Waals surface area contributed by atoms with Crippen LogP contribution in [0.25, 0.3) is 11.8 Å². The lowest BCUT2D eigenvalue weighted by atomic mass is 10.2. The summed E-state index contributed by atoms with van der Waals surface area (Å²) in [5, 5.41) is 4.38. The third-order valence-corrected chi connectivity index (χ3v) is 4.44. The van der Waals surface area contributed by atoms with Gasteiger partial charge in [-0.15, -0.1) is 0 Å². The van der Waals surface area contributed by atoms with Crippen molar-refractivity contribution in [1.82, 2.24) is 14.7 Å². The lowest BCUT2D eigenvalue weighted by molar-refractivity contribution is -0.125. The second-order valence-corrected chi connectivity index (χ2v) is 6.73. The first-order chi connectivity index (χ1) is 14.6. The summed E-state index contributed by atoms with van der Waals surface area (Å²) in [4.78, 5) is 14.2. The average Bonchev–Trinajstić information content (AvgIpc) is 3.23. The summed E-state index contributed by atoms with van der Waals surface area (Å²) in [6.45, 7) is 5.45. The molecule has 1 amide bonds. The van der Waals surface area contributed by atoms with Gasteiger partial charge in [0.1, 0.15) is 0 Å². The second-order valence-electron chi connectivity index (χ2n) is 6.73. The molecule has 6 heteroatoms. The van der Waals surface area contributed by atoms with Crippen molar-refractivity contribution in [2.24, 2.45) is 0 Å². The molecule has 0 aliphatic rings. The molecular formula is C24H27N3O3. The Balaban J connectivity index is 1.63. The SMILES string of the molecule is CCOc1ccc(/C=C/C(=O)N(C)Cc2cnn(-c3ccccc3)c2)cc1OCC. The first-order valence-electron chi connectivity index (χ1n) is 10.0. The van der Waals surface area contributed by atoms with Crippen molar-refractivity contribution >= 4 is 12.0 Å². The van der Waals surface area contributed by atoms with Crippen LogP contribution in [0.4, 0.5) is 0 Å². The molecule has 30 heavy (non-hydrogen) atoms. The van der Waals surface area contributed by atoms with Crippen LogP contribution in [0, 0.1) is 0 Å². The van der Waals surface area contributed by atoms with Gasteiger partial charge in [0.05, 0.1) is 25.1 Å². The van der Waals surface area contributed by atoms with Gasteiger partial charge in [-0.2, -0.15) is 5.10 Å². The molecule has 0 spiro atoms. The number of nitrogens with zero attached hydrogens (tertiary/aromatic N) is 3. The van der Waals surface area contributed by atoms with Gasteiger partial charge >= 0.3 is 0 Å². The van der Waals surface area contributed by atoms with Crippen molar-refractivity contribution < 1.29 is 14.3 Å².